The molecule has 0 bridgehead atoms. The summed E-state index contributed by atoms with van der Waals surface area (Å²) < 4.78 is 45.7. The zero-order valence-corrected chi connectivity index (χ0v) is 15.8. The lowest BCUT2D eigenvalue weighted by Crippen LogP contribution is -2.29. The fraction of sp³-hybridized carbons (Fsp3) is 0.105. The molecule has 4 rings (SSSR count). The Morgan fingerprint density at radius 3 is 2.77 bits per heavy atom. The first-order chi connectivity index (χ1) is 14.3. The van der Waals surface area contributed by atoms with Crippen LogP contribution >= 0.6 is 11.6 Å². The number of fused-ring (bicyclic) bond motifs is 1. The average molecular weight is 436 g/mol. The molecule has 0 aliphatic heterocycles. The van der Waals surface area contributed by atoms with Crippen LogP contribution in [0.2, 0.25) is 5.02 Å². The fourth-order valence-electron chi connectivity index (χ4n) is 2.80. The molecule has 2 aromatic carbocycles. The molecule has 0 spiro atoms. The number of amides is 2. The van der Waals surface area contributed by atoms with Crippen molar-refractivity contribution in [2.75, 3.05) is 5.32 Å². The second-order valence-electron chi connectivity index (χ2n) is 6.25. The molecule has 0 radical (unpaired) electrons. The van der Waals surface area contributed by atoms with E-state index in [-0.39, 0.29) is 12.2 Å². The van der Waals surface area contributed by atoms with Gasteiger partial charge >= 0.3 is 12.2 Å². The monoisotopic (exact) mass is 435 g/mol. The molecule has 30 heavy (non-hydrogen) atoms. The molecule has 0 saturated heterocycles. The van der Waals surface area contributed by atoms with Crippen LogP contribution in [0.5, 0.6) is 0 Å². The van der Waals surface area contributed by atoms with Crippen LogP contribution in [0, 0.1) is 0 Å². The van der Waals surface area contributed by atoms with Crippen LogP contribution in [0.3, 0.4) is 0 Å². The number of alkyl halides is 3. The second kappa shape index (κ2) is 7.71. The quantitative estimate of drug-likeness (QED) is 0.472. The predicted octanol–water partition coefficient (Wildman–Crippen LogP) is 5.01. The summed E-state index contributed by atoms with van der Waals surface area (Å²) in [6.07, 6.45) is -3.35. The lowest BCUT2D eigenvalue weighted by molar-refractivity contribution is -0.141. The van der Waals surface area contributed by atoms with Crippen molar-refractivity contribution in [1.82, 2.24) is 20.1 Å². The molecule has 11 heteroatoms. The molecule has 0 unspecified atom stereocenters. The van der Waals surface area contributed by atoms with E-state index in [1.165, 1.54) is 12.5 Å². The third-order valence-electron chi connectivity index (χ3n) is 4.14. The number of nitrogens with one attached hydrogen (secondary N) is 2. The number of halogens is 4. The molecule has 0 saturated carbocycles. The molecule has 0 fully saturated rings. The molecule has 2 heterocycles. The second-order valence-corrected chi connectivity index (χ2v) is 6.69. The molecule has 154 valence electrons. The molecule has 0 aliphatic rings. The Bertz CT molecular complexity index is 1220. The predicted molar refractivity (Wildman–Crippen MR) is 103 cm³/mol. The maximum Gasteiger partial charge on any atom is 0.435 e. The van der Waals surface area contributed by atoms with Crippen LogP contribution in [0.15, 0.2) is 59.3 Å². The number of benzene rings is 2. The first kappa shape index (κ1) is 19.8. The van der Waals surface area contributed by atoms with Crippen molar-refractivity contribution in [2.24, 2.45) is 0 Å². The van der Waals surface area contributed by atoms with Crippen molar-refractivity contribution >= 4 is 34.4 Å². The molecule has 2 N–H and O–H groups in total. The Balaban J connectivity index is 1.52. The van der Waals surface area contributed by atoms with Crippen LogP contribution in [0.25, 0.3) is 16.8 Å². The third-order valence-corrected chi connectivity index (χ3v) is 4.38. The molecule has 0 aliphatic carbocycles. The minimum atomic E-state index is -4.63. The van der Waals surface area contributed by atoms with Crippen molar-refractivity contribution < 1.29 is 22.4 Å². The van der Waals surface area contributed by atoms with Gasteiger partial charge in [0.2, 0.25) is 0 Å². The van der Waals surface area contributed by atoms with Gasteiger partial charge < -0.3 is 15.1 Å². The number of carbonyl (C=O) groups is 1. The van der Waals surface area contributed by atoms with Crippen molar-refractivity contribution in [3.05, 3.63) is 71.3 Å². The van der Waals surface area contributed by atoms with Gasteiger partial charge in [0.25, 0.3) is 0 Å². The summed E-state index contributed by atoms with van der Waals surface area (Å²) in [6, 6.07) is 11.4. The van der Waals surface area contributed by atoms with Crippen LogP contribution in [0.1, 0.15) is 11.4 Å². The van der Waals surface area contributed by atoms with Gasteiger partial charge in [-0.25, -0.2) is 14.5 Å². The zero-order valence-electron chi connectivity index (χ0n) is 15.1. The number of urea groups is 1. The summed E-state index contributed by atoms with van der Waals surface area (Å²) in [4.78, 5) is 16.2. The van der Waals surface area contributed by atoms with Gasteiger partial charge in [-0.15, -0.1) is 0 Å². The SMILES string of the molecule is O=C(NCc1cc(C(F)(F)F)nn1-c1cccc(Cl)c1)Nc1ccc2ocnc2c1. The molecule has 4 aromatic rings. The fourth-order valence-corrected chi connectivity index (χ4v) is 2.98. The highest BCUT2D eigenvalue weighted by Crippen LogP contribution is 2.30. The van der Waals surface area contributed by atoms with Crippen molar-refractivity contribution in [3.63, 3.8) is 0 Å². The van der Waals surface area contributed by atoms with E-state index in [1.54, 1.807) is 36.4 Å². The third kappa shape index (κ3) is 4.23. The molecule has 2 amide bonds. The van der Waals surface area contributed by atoms with Gasteiger partial charge in [-0.2, -0.15) is 18.3 Å². The standard InChI is InChI=1S/C19H13ClF3N5O2/c20-11-2-1-3-13(6-11)28-14(8-17(27-28)19(21,22)23)9-24-18(29)26-12-4-5-16-15(7-12)25-10-30-16/h1-8,10H,9H2,(H2,24,26,29). The highest BCUT2D eigenvalue weighted by Gasteiger charge is 2.35. The average Bonchev–Trinajstić information content (AvgIpc) is 3.32. The summed E-state index contributed by atoms with van der Waals surface area (Å²) in [7, 11) is 0. The zero-order chi connectivity index (χ0) is 21.3. The summed E-state index contributed by atoms with van der Waals surface area (Å²) >= 11 is 5.94. The van der Waals surface area contributed by atoms with Crippen molar-refractivity contribution in [3.8, 4) is 5.69 Å². The molecule has 0 atom stereocenters. The Hall–Kier alpha value is -3.53. The van der Waals surface area contributed by atoms with Gasteiger partial charge in [-0.1, -0.05) is 17.7 Å². The largest absolute Gasteiger partial charge is 0.443 e. The number of anilines is 1. The molecular formula is C19H13ClF3N5O2. The smallest absolute Gasteiger partial charge is 0.435 e. The lowest BCUT2D eigenvalue weighted by Gasteiger charge is -2.10. The number of oxazole rings is 1. The highest BCUT2D eigenvalue weighted by molar-refractivity contribution is 6.30. The van der Waals surface area contributed by atoms with Crippen molar-refractivity contribution in [2.45, 2.75) is 12.7 Å². The Kier molecular flexibility index (Phi) is 5.08. The number of carbonyl (C=O) groups excluding carboxylic acids is 1. The van der Waals surface area contributed by atoms with E-state index in [4.69, 9.17) is 16.0 Å². The van der Waals surface area contributed by atoms with E-state index >= 15 is 0 Å². The molecule has 7 nitrogen and oxygen atoms in total. The van der Waals surface area contributed by atoms with Crippen LogP contribution < -0.4 is 10.6 Å². The maximum atomic E-state index is 13.1. The van der Waals surface area contributed by atoms with E-state index < -0.39 is 17.9 Å². The first-order valence-electron chi connectivity index (χ1n) is 8.60. The Labute approximate surface area is 172 Å². The van der Waals surface area contributed by atoms with Gasteiger partial charge in [0.05, 0.1) is 17.9 Å². The van der Waals surface area contributed by atoms with E-state index in [0.29, 0.717) is 27.5 Å². The van der Waals surface area contributed by atoms with Crippen LogP contribution in [-0.4, -0.2) is 20.8 Å². The van der Waals surface area contributed by atoms with E-state index in [0.717, 1.165) is 10.7 Å². The Morgan fingerprint density at radius 2 is 2.00 bits per heavy atom. The number of aromatic nitrogens is 3. The summed E-state index contributed by atoms with van der Waals surface area (Å²) in [6.45, 7) is -0.201. The van der Waals surface area contributed by atoms with E-state index in [1.807, 2.05) is 0 Å². The van der Waals surface area contributed by atoms with Gasteiger partial charge in [-0.05, 0) is 42.5 Å². The van der Waals surface area contributed by atoms with E-state index in [2.05, 4.69) is 20.7 Å². The maximum absolute atomic E-state index is 13.1. The normalized spacial score (nSPS) is 11.6. The topological polar surface area (TPSA) is 85.0 Å². The van der Waals surface area contributed by atoms with Crippen LogP contribution in [-0.2, 0) is 12.7 Å². The van der Waals surface area contributed by atoms with Gasteiger partial charge in [0.1, 0.15) is 5.52 Å². The summed E-state index contributed by atoms with van der Waals surface area (Å²) in [5.74, 6) is 0. The van der Waals surface area contributed by atoms with Crippen LogP contribution in [0.4, 0.5) is 23.7 Å². The van der Waals surface area contributed by atoms with Crippen molar-refractivity contribution in [1.29, 1.82) is 0 Å². The minimum absolute atomic E-state index is 0.131. The summed E-state index contributed by atoms with van der Waals surface area (Å²) in [5, 5.41) is 9.09. The number of hydrogen-bond acceptors (Lipinski definition) is 4. The lowest BCUT2D eigenvalue weighted by atomic mass is 10.3. The number of rotatable bonds is 4. The van der Waals surface area contributed by atoms with Gasteiger partial charge in [0.15, 0.2) is 17.7 Å². The Morgan fingerprint density at radius 1 is 1.17 bits per heavy atom. The number of hydrogen-bond donors (Lipinski definition) is 2. The number of nitrogens with zero attached hydrogens (tertiary/aromatic N) is 3. The minimum Gasteiger partial charge on any atom is -0.443 e. The first-order valence-corrected chi connectivity index (χ1v) is 8.97. The van der Waals surface area contributed by atoms with Gasteiger partial charge in [0, 0.05) is 10.7 Å². The molecule has 2 aromatic heterocycles. The highest BCUT2D eigenvalue weighted by atomic mass is 35.5. The summed E-state index contributed by atoms with van der Waals surface area (Å²) in [5.41, 5.74) is 0.968. The van der Waals surface area contributed by atoms with E-state index in [9.17, 15) is 18.0 Å². The molecular weight excluding hydrogens is 423 g/mol. The van der Waals surface area contributed by atoms with Gasteiger partial charge in [-0.3, -0.25) is 0 Å².